The Balaban J connectivity index is 1.49. The minimum absolute atomic E-state index is 0.0282. The first-order valence-electron chi connectivity index (χ1n) is 10.1. The lowest BCUT2D eigenvalue weighted by Gasteiger charge is -2.13. The van der Waals surface area contributed by atoms with Gasteiger partial charge >= 0.3 is 11.8 Å². The molecule has 9 heteroatoms. The zero-order valence-electron chi connectivity index (χ0n) is 16.9. The second kappa shape index (κ2) is 8.86. The Morgan fingerprint density at radius 3 is 2.56 bits per heavy atom. The zero-order valence-corrected chi connectivity index (χ0v) is 17.6. The van der Waals surface area contributed by atoms with E-state index < -0.39 is 24.3 Å². The van der Waals surface area contributed by atoms with Gasteiger partial charge in [-0.2, -0.15) is 13.2 Å². The van der Waals surface area contributed by atoms with Crippen molar-refractivity contribution in [3.63, 3.8) is 0 Å². The molecule has 1 amide bonds. The Labute approximate surface area is 186 Å². The van der Waals surface area contributed by atoms with Gasteiger partial charge in [0.05, 0.1) is 16.3 Å². The molecule has 3 aromatic rings. The molecule has 0 saturated heterocycles. The Morgan fingerprint density at radius 1 is 1.06 bits per heavy atom. The van der Waals surface area contributed by atoms with E-state index >= 15 is 0 Å². The van der Waals surface area contributed by atoms with E-state index in [1.807, 2.05) is 0 Å². The smallest absolute Gasteiger partial charge is 0.416 e. The third kappa shape index (κ3) is 4.75. The number of anilines is 1. The molecule has 0 unspecified atom stereocenters. The monoisotopic (exact) mass is 465 g/mol. The number of fused-ring (bicyclic) bond motifs is 3. The van der Waals surface area contributed by atoms with Crippen molar-refractivity contribution in [2.45, 2.75) is 38.3 Å². The van der Waals surface area contributed by atoms with Crippen molar-refractivity contribution >= 4 is 34.2 Å². The van der Waals surface area contributed by atoms with Gasteiger partial charge in [0.25, 0.3) is 5.91 Å². The molecule has 0 bridgehead atoms. The summed E-state index contributed by atoms with van der Waals surface area (Å²) in [5, 5.41) is 3.13. The van der Waals surface area contributed by atoms with Crippen LogP contribution in [0.1, 0.15) is 36.0 Å². The number of hydrogen-bond donors (Lipinski definition) is 1. The van der Waals surface area contributed by atoms with Crippen LogP contribution in [0.2, 0.25) is 5.02 Å². The highest BCUT2D eigenvalue weighted by atomic mass is 35.5. The van der Waals surface area contributed by atoms with Crippen molar-refractivity contribution in [1.82, 2.24) is 0 Å². The number of hydrogen-bond acceptors (Lipinski definition) is 4. The Hall–Kier alpha value is -3.00. The summed E-state index contributed by atoms with van der Waals surface area (Å²) in [6, 6.07) is 7.65. The van der Waals surface area contributed by atoms with Crippen LogP contribution >= 0.6 is 11.6 Å². The van der Waals surface area contributed by atoms with Crippen LogP contribution in [0.5, 0.6) is 5.75 Å². The van der Waals surface area contributed by atoms with E-state index in [1.165, 1.54) is 6.07 Å². The lowest BCUT2D eigenvalue weighted by atomic mass is 10.0. The molecule has 2 aromatic carbocycles. The number of ether oxygens (including phenoxy) is 1. The van der Waals surface area contributed by atoms with E-state index in [-0.39, 0.29) is 16.3 Å². The number of nitrogens with one attached hydrogen (secondary N) is 1. The molecule has 0 saturated carbocycles. The normalized spacial score (nSPS) is 14.0. The third-order valence-corrected chi connectivity index (χ3v) is 5.71. The first kappa shape index (κ1) is 22.2. The van der Waals surface area contributed by atoms with Gasteiger partial charge in [0.2, 0.25) is 0 Å². The number of alkyl halides is 3. The van der Waals surface area contributed by atoms with E-state index in [1.54, 1.807) is 12.1 Å². The number of carbonyl (C=O) groups is 1. The molecule has 0 fully saturated rings. The van der Waals surface area contributed by atoms with Gasteiger partial charge in [-0.05, 0) is 61.6 Å². The molecule has 0 atom stereocenters. The molecule has 5 nitrogen and oxygen atoms in total. The summed E-state index contributed by atoms with van der Waals surface area (Å²) in [5.41, 5.74) is 0.639. The van der Waals surface area contributed by atoms with Crippen LogP contribution in [0.3, 0.4) is 0 Å². The van der Waals surface area contributed by atoms with E-state index in [4.69, 9.17) is 20.8 Å². The fourth-order valence-electron chi connectivity index (χ4n) is 3.82. The van der Waals surface area contributed by atoms with Gasteiger partial charge in [0.1, 0.15) is 11.3 Å². The Bertz CT molecular complexity index is 1240. The average Bonchev–Trinajstić information content (AvgIpc) is 3.00. The average molecular weight is 466 g/mol. The number of carbonyl (C=O) groups excluding carboxylic acids is 1. The molecule has 4 rings (SSSR count). The molecular weight excluding hydrogens is 447 g/mol. The van der Waals surface area contributed by atoms with E-state index in [2.05, 4.69) is 5.32 Å². The van der Waals surface area contributed by atoms with Crippen molar-refractivity contribution in [1.29, 1.82) is 0 Å². The van der Waals surface area contributed by atoms with E-state index in [0.717, 1.165) is 60.4 Å². The minimum Gasteiger partial charge on any atom is -0.484 e. The topological polar surface area (TPSA) is 68.5 Å². The highest BCUT2D eigenvalue weighted by Crippen LogP contribution is 2.34. The zero-order chi connectivity index (χ0) is 22.9. The van der Waals surface area contributed by atoms with Crippen LogP contribution in [0.15, 0.2) is 45.6 Å². The number of aryl methyl sites for hydroxylation is 1. The molecule has 1 aliphatic carbocycles. The maximum absolute atomic E-state index is 12.9. The minimum atomic E-state index is -4.56. The molecule has 1 N–H and O–H groups in total. The van der Waals surface area contributed by atoms with Crippen molar-refractivity contribution in [2.75, 3.05) is 11.9 Å². The van der Waals surface area contributed by atoms with Crippen molar-refractivity contribution < 1.29 is 27.1 Å². The number of amides is 1. The number of rotatable bonds is 4. The van der Waals surface area contributed by atoms with Crippen LogP contribution in [0.25, 0.3) is 11.0 Å². The molecular formula is C23H19ClF3NO4. The third-order valence-electron chi connectivity index (χ3n) is 5.38. The van der Waals surface area contributed by atoms with Crippen LogP contribution in [0, 0.1) is 0 Å². The lowest BCUT2D eigenvalue weighted by molar-refractivity contribution is -0.137. The van der Waals surface area contributed by atoms with Gasteiger partial charge < -0.3 is 14.5 Å². The fourth-order valence-corrected chi connectivity index (χ4v) is 3.99. The summed E-state index contributed by atoms with van der Waals surface area (Å²) >= 11 is 5.89. The molecule has 0 aliphatic heterocycles. The maximum Gasteiger partial charge on any atom is 0.416 e. The van der Waals surface area contributed by atoms with E-state index in [0.29, 0.717) is 17.8 Å². The molecule has 0 radical (unpaired) electrons. The van der Waals surface area contributed by atoms with E-state index in [9.17, 15) is 22.8 Å². The molecule has 32 heavy (non-hydrogen) atoms. The maximum atomic E-state index is 12.9. The summed E-state index contributed by atoms with van der Waals surface area (Å²) in [4.78, 5) is 24.6. The first-order chi connectivity index (χ1) is 15.2. The van der Waals surface area contributed by atoms with Gasteiger partial charge in [-0.3, -0.25) is 4.79 Å². The van der Waals surface area contributed by atoms with Gasteiger partial charge in [0, 0.05) is 17.0 Å². The van der Waals surface area contributed by atoms with Gasteiger partial charge in [-0.25, -0.2) is 4.79 Å². The Morgan fingerprint density at radius 2 is 1.81 bits per heavy atom. The number of benzene rings is 2. The number of halogens is 4. The largest absolute Gasteiger partial charge is 0.484 e. The van der Waals surface area contributed by atoms with Gasteiger partial charge in [-0.1, -0.05) is 18.0 Å². The van der Waals surface area contributed by atoms with Crippen LogP contribution < -0.4 is 15.7 Å². The summed E-state index contributed by atoms with van der Waals surface area (Å²) in [6.07, 6.45) is -0.0466. The van der Waals surface area contributed by atoms with Gasteiger partial charge in [0.15, 0.2) is 6.61 Å². The molecule has 1 aromatic heterocycles. The Kier molecular flexibility index (Phi) is 6.15. The summed E-state index contributed by atoms with van der Waals surface area (Å²) in [7, 11) is 0. The SMILES string of the molecule is O=C(COc1ccc2c3c(c(=O)oc2c1)CCCCC3)Nc1cc(C(F)(F)F)ccc1Cl. The van der Waals surface area contributed by atoms with Crippen molar-refractivity contribution in [3.05, 3.63) is 68.5 Å². The second-order valence-electron chi connectivity index (χ2n) is 7.59. The fraction of sp³-hybridized carbons (Fsp3) is 0.304. The predicted octanol–water partition coefficient (Wildman–Crippen LogP) is 5.75. The van der Waals surface area contributed by atoms with Crippen molar-refractivity contribution in [2.24, 2.45) is 0 Å². The summed E-state index contributed by atoms with van der Waals surface area (Å²) < 4.78 is 49.6. The second-order valence-corrected chi connectivity index (χ2v) is 8.00. The quantitative estimate of drug-likeness (QED) is 0.393. The standard InChI is InChI=1S/C23H19ClF3NO4/c24-18-9-6-13(23(25,26)27)10-19(18)28-21(29)12-31-14-7-8-16-15-4-2-1-3-5-17(15)22(30)32-20(16)11-14/h6-11H,1-5,12H2,(H,28,29). The molecule has 1 heterocycles. The van der Waals surface area contributed by atoms with Crippen LogP contribution in [-0.2, 0) is 23.8 Å². The molecule has 1 aliphatic rings. The summed E-state index contributed by atoms with van der Waals surface area (Å²) in [5.74, 6) is -0.394. The van der Waals surface area contributed by atoms with Crippen molar-refractivity contribution in [3.8, 4) is 5.75 Å². The predicted molar refractivity (Wildman–Crippen MR) is 114 cm³/mol. The van der Waals surface area contributed by atoms with Gasteiger partial charge in [-0.15, -0.1) is 0 Å². The molecule has 0 spiro atoms. The van der Waals surface area contributed by atoms with Crippen LogP contribution in [0.4, 0.5) is 18.9 Å². The summed E-state index contributed by atoms with van der Waals surface area (Å²) in [6.45, 7) is -0.465. The first-order valence-corrected chi connectivity index (χ1v) is 10.5. The highest BCUT2D eigenvalue weighted by molar-refractivity contribution is 6.33. The lowest BCUT2D eigenvalue weighted by Crippen LogP contribution is -2.20. The van der Waals surface area contributed by atoms with Crippen LogP contribution in [-0.4, -0.2) is 12.5 Å². The highest BCUT2D eigenvalue weighted by Gasteiger charge is 2.31. The molecule has 168 valence electrons.